The fraction of sp³-hybridized carbons (Fsp3) is 0.462. The Hall–Kier alpha value is -1.89. The van der Waals surface area contributed by atoms with E-state index in [4.69, 9.17) is 10.2 Å². The van der Waals surface area contributed by atoms with Gasteiger partial charge < -0.3 is 10.2 Å². The Morgan fingerprint density at radius 3 is 2.30 bits per heavy atom. The van der Waals surface area contributed by atoms with Gasteiger partial charge in [0.15, 0.2) is 0 Å². The molecule has 0 aliphatic rings. The van der Waals surface area contributed by atoms with Crippen LogP contribution >= 0.6 is 0 Å². The normalized spacial score (nSPS) is 12.1. The van der Waals surface area contributed by atoms with E-state index < -0.39 is 19.2 Å². The number of carbonyl (C=O) groups excluding carboxylic acids is 1. The molecule has 1 aromatic carbocycles. The SMILES string of the molecule is CC(C)(C)[Si](C)(C)OC(=O)c1ccc([N+](=O)[O-])cc1N. The van der Waals surface area contributed by atoms with E-state index >= 15 is 0 Å². The number of benzene rings is 1. The predicted octanol–water partition coefficient (Wildman–Crippen LogP) is 3.34. The van der Waals surface area contributed by atoms with Crippen molar-refractivity contribution in [2.75, 3.05) is 5.73 Å². The Labute approximate surface area is 119 Å². The lowest BCUT2D eigenvalue weighted by atomic mass is 10.1. The van der Waals surface area contributed by atoms with Crippen molar-refractivity contribution in [3.8, 4) is 0 Å². The average Bonchev–Trinajstić information content (AvgIpc) is 2.26. The first-order valence-electron chi connectivity index (χ1n) is 6.23. The molecule has 1 rings (SSSR count). The molecular weight excluding hydrogens is 276 g/mol. The van der Waals surface area contributed by atoms with Crippen LogP contribution in [-0.2, 0) is 4.43 Å². The van der Waals surface area contributed by atoms with Crippen LogP contribution in [0.2, 0.25) is 18.1 Å². The van der Waals surface area contributed by atoms with Crippen LogP contribution < -0.4 is 5.73 Å². The highest BCUT2D eigenvalue weighted by Crippen LogP contribution is 2.37. The second kappa shape index (κ2) is 5.24. The lowest BCUT2D eigenvalue weighted by Crippen LogP contribution is -2.42. The number of nitrogen functional groups attached to an aromatic ring is 1. The quantitative estimate of drug-likeness (QED) is 0.399. The Balaban J connectivity index is 3.03. The maximum atomic E-state index is 12.2. The molecule has 20 heavy (non-hydrogen) atoms. The van der Waals surface area contributed by atoms with Crippen molar-refractivity contribution in [1.29, 1.82) is 0 Å². The number of carbonyl (C=O) groups is 1. The molecule has 0 aliphatic heterocycles. The molecule has 0 amide bonds. The smallest absolute Gasteiger partial charge is 0.326 e. The van der Waals surface area contributed by atoms with Gasteiger partial charge in [-0.3, -0.25) is 10.1 Å². The number of nitro groups is 1. The summed E-state index contributed by atoms with van der Waals surface area (Å²) in [7, 11) is -2.25. The van der Waals surface area contributed by atoms with Gasteiger partial charge in [0, 0.05) is 12.1 Å². The second-order valence-corrected chi connectivity index (χ2v) is 10.9. The number of non-ortho nitro benzene ring substituents is 1. The Morgan fingerprint density at radius 1 is 1.35 bits per heavy atom. The summed E-state index contributed by atoms with van der Waals surface area (Å²) < 4.78 is 5.62. The molecule has 0 atom stereocenters. The number of nitro benzene ring substituents is 1. The molecule has 0 saturated carbocycles. The molecule has 0 heterocycles. The number of nitrogens with two attached hydrogens (primary N) is 1. The number of hydrogen-bond acceptors (Lipinski definition) is 5. The molecule has 1 aromatic rings. The Bertz CT molecular complexity index is 550. The summed E-state index contributed by atoms with van der Waals surface area (Å²) in [5, 5.41) is 10.5. The van der Waals surface area contributed by atoms with Gasteiger partial charge in [-0.1, -0.05) is 20.8 Å². The van der Waals surface area contributed by atoms with E-state index in [1.807, 2.05) is 33.9 Å². The van der Waals surface area contributed by atoms with E-state index in [-0.39, 0.29) is 22.0 Å². The number of hydrogen-bond donors (Lipinski definition) is 1. The van der Waals surface area contributed by atoms with Crippen molar-refractivity contribution in [3.63, 3.8) is 0 Å². The number of rotatable bonds is 3. The van der Waals surface area contributed by atoms with Crippen molar-refractivity contribution in [2.24, 2.45) is 0 Å². The zero-order chi connectivity index (χ0) is 15.7. The van der Waals surface area contributed by atoms with Crippen LogP contribution in [0.4, 0.5) is 11.4 Å². The third kappa shape index (κ3) is 3.35. The monoisotopic (exact) mass is 296 g/mol. The van der Waals surface area contributed by atoms with Gasteiger partial charge in [0.1, 0.15) is 0 Å². The van der Waals surface area contributed by atoms with Crippen LogP contribution in [0.1, 0.15) is 31.1 Å². The summed E-state index contributed by atoms with van der Waals surface area (Å²) in [5.41, 5.74) is 5.78. The average molecular weight is 296 g/mol. The van der Waals surface area contributed by atoms with E-state index in [1.165, 1.54) is 18.2 Å². The fourth-order valence-electron chi connectivity index (χ4n) is 1.29. The highest BCUT2D eigenvalue weighted by Gasteiger charge is 2.40. The molecule has 0 unspecified atom stereocenters. The van der Waals surface area contributed by atoms with Gasteiger partial charge >= 0.3 is 5.97 Å². The Kier molecular flexibility index (Phi) is 4.23. The fourth-order valence-corrected chi connectivity index (χ4v) is 2.17. The van der Waals surface area contributed by atoms with Crippen LogP contribution in [0, 0.1) is 10.1 Å². The lowest BCUT2D eigenvalue weighted by Gasteiger charge is -2.35. The molecular formula is C13H20N2O4Si. The summed E-state index contributed by atoms with van der Waals surface area (Å²) in [6.07, 6.45) is 0. The standard InChI is InChI=1S/C13H20N2O4Si/c1-13(2,3)20(4,5)19-12(16)10-7-6-9(15(17)18)8-11(10)14/h6-8H,14H2,1-5H3. The van der Waals surface area contributed by atoms with Gasteiger partial charge in [0.25, 0.3) is 14.0 Å². The minimum absolute atomic E-state index is 0.0582. The van der Waals surface area contributed by atoms with Crippen molar-refractivity contribution >= 4 is 25.7 Å². The van der Waals surface area contributed by atoms with Gasteiger partial charge in [0.05, 0.1) is 16.2 Å². The molecule has 0 radical (unpaired) electrons. The molecule has 110 valence electrons. The molecule has 6 nitrogen and oxygen atoms in total. The van der Waals surface area contributed by atoms with Gasteiger partial charge in [-0.15, -0.1) is 0 Å². The van der Waals surface area contributed by atoms with E-state index in [0.29, 0.717) is 0 Å². The third-order valence-corrected chi connectivity index (χ3v) is 7.93. The summed E-state index contributed by atoms with van der Waals surface area (Å²) in [6.45, 7) is 9.96. The van der Waals surface area contributed by atoms with Gasteiger partial charge in [-0.25, -0.2) is 4.79 Å². The highest BCUT2D eigenvalue weighted by molar-refractivity contribution is 6.75. The summed E-state index contributed by atoms with van der Waals surface area (Å²) in [4.78, 5) is 22.3. The van der Waals surface area contributed by atoms with Crippen LogP contribution in [0.3, 0.4) is 0 Å². The first-order chi connectivity index (χ1) is 8.95. The first-order valence-corrected chi connectivity index (χ1v) is 9.14. The predicted molar refractivity (Wildman–Crippen MR) is 80.1 cm³/mol. The third-order valence-electron chi connectivity index (χ3n) is 3.62. The number of anilines is 1. The maximum Gasteiger partial charge on any atom is 0.326 e. The van der Waals surface area contributed by atoms with Crippen molar-refractivity contribution in [2.45, 2.75) is 38.9 Å². The topological polar surface area (TPSA) is 95.5 Å². The highest BCUT2D eigenvalue weighted by atomic mass is 28.4. The van der Waals surface area contributed by atoms with Gasteiger partial charge in [-0.2, -0.15) is 0 Å². The van der Waals surface area contributed by atoms with Crippen LogP contribution in [0.25, 0.3) is 0 Å². The first kappa shape index (κ1) is 16.2. The molecule has 0 spiro atoms. The van der Waals surface area contributed by atoms with Crippen molar-refractivity contribution < 1.29 is 14.1 Å². The largest absolute Gasteiger partial charge is 0.516 e. The maximum absolute atomic E-state index is 12.2. The van der Waals surface area contributed by atoms with Crippen LogP contribution in [-0.4, -0.2) is 19.2 Å². The van der Waals surface area contributed by atoms with E-state index in [0.717, 1.165) is 0 Å². The molecule has 0 aliphatic carbocycles. The van der Waals surface area contributed by atoms with E-state index in [2.05, 4.69) is 0 Å². The van der Waals surface area contributed by atoms with Crippen LogP contribution in [0.5, 0.6) is 0 Å². The zero-order valence-electron chi connectivity index (χ0n) is 12.4. The summed E-state index contributed by atoms with van der Waals surface area (Å²) in [6, 6.07) is 3.75. The lowest BCUT2D eigenvalue weighted by molar-refractivity contribution is -0.384. The molecule has 0 fully saturated rings. The molecule has 0 saturated heterocycles. The van der Waals surface area contributed by atoms with Crippen molar-refractivity contribution in [3.05, 3.63) is 33.9 Å². The summed E-state index contributed by atoms with van der Waals surface area (Å²) in [5.74, 6) is -0.524. The minimum atomic E-state index is -2.25. The van der Waals surface area contributed by atoms with E-state index in [1.54, 1.807) is 0 Å². The van der Waals surface area contributed by atoms with E-state index in [9.17, 15) is 14.9 Å². The minimum Gasteiger partial charge on any atom is -0.516 e. The molecule has 0 aromatic heterocycles. The van der Waals surface area contributed by atoms with Gasteiger partial charge in [-0.05, 0) is 24.2 Å². The second-order valence-electron chi connectivity index (χ2n) is 6.18. The zero-order valence-corrected chi connectivity index (χ0v) is 13.4. The molecule has 2 N–H and O–H groups in total. The van der Waals surface area contributed by atoms with Crippen LogP contribution in [0.15, 0.2) is 18.2 Å². The van der Waals surface area contributed by atoms with Crippen molar-refractivity contribution in [1.82, 2.24) is 0 Å². The molecule has 7 heteroatoms. The summed E-state index contributed by atoms with van der Waals surface area (Å²) >= 11 is 0. The van der Waals surface area contributed by atoms with Gasteiger partial charge in [0.2, 0.25) is 0 Å². The Morgan fingerprint density at radius 2 is 1.90 bits per heavy atom. The number of nitrogens with zero attached hydrogens (tertiary/aromatic N) is 1. The molecule has 0 bridgehead atoms.